The summed E-state index contributed by atoms with van der Waals surface area (Å²) in [6.07, 6.45) is 3.73. The van der Waals surface area contributed by atoms with E-state index in [1.54, 1.807) is 53.5 Å². The summed E-state index contributed by atoms with van der Waals surface area (Å²) in [5, 5.41) is 28.6. The number of benzene rings is 1. The van der Waals surface area contributed by atoms with Gasteiger partial charge in [-0.15, -0.1) is 0 Å². The summed E-state index contributed by atoms with van der Waals surface area (Å²) in [4.78, 5) is 83.5. The third kappa shape index (κ3) is 8.33. The zero-order valence-corrected chi connectivity index (χ0v) is 29.0. The Balaban J connectivity index is 1.28. The van der Waals surface area contributed by atoms with Crippen molar-refractivity contribution in [2.24, 2.45) is 5.92 Å². The zero-order valence-electron chi connectivity index (χ0n) is 29.0. The predicted octanol–water partition coefficient (Wildman–Crippen LogP) is -0.380. The summed E-state index contributed by atoms with van der Waals surface area (Å²) < 4.78 is 7.39. The monoisotopic (exact) mass is 716 g/mol. The van der Waals surface area contributed by atoms with Crippen molar-refractivity contribution in [3.8, 4) is 0 Å². The second kappa shape index (κ2) is 15.8. The molecule has 6 rings (SSSR count). The summed E-state index contributed by atoms with van der Waals surface area (Å²) in [6.45, 7) is 3.10. The molecule has 276 valence electrons. The standard InChI is InChI=1S/C36H44N8O8/c1-20-31(46)40-26-11-6-10-25(26)32(47)42-30(21(2)45)35(50)41-27(16-22-8-4-3-5-9-22)36(51)44-18-23(17-28(44)33(48)38-20)39-34(49)29-13-12-24(52-29)19-43-15-7-14-37-43/h3-5,7-9,12-15,20-21,23,25-28,30,45H,6,10-11,16-19H2,1-2H3,(H,38,48)(H,39,49)(H,40,46)(H,41,50)(H,42,47)/t20-,21+,23+,25+,26+,27-,28-,30-/m0/s1. The highest BCUT2D eigenvalue weighted by atomic mass is 16.4. The Morgan fingerprint density at radius 1 is 0.962 bits per heavy atom. The molecule has 8 atom stereocenters. The van der Waals surface area contributed by atoms with Crippen molar-refractivity contribution < 1.29 is 38.3 Å². The van der Waals surface area contributed by atoms with Gasteiger partial charge in [0.2, 0.25) is 29.5 Å². The molecule has 2 aliphatic heterocycles. The molecule has 1 saturated carbocycles. The number of amides is 6. The molecule has 3 aliphatic rings. The summed E-state index contributed by atoms with van der Waals surface area (Å²) in [5.41, 5.74) is 0.709. The fraction of sp³-hybridized carbons (Fsp3) is 0.472. The van der Waals surface area contributed by atoms with E-state index in [9.17, 15) is 33.9 Å². The zero-order chi connectivity index (χ0) is 36.9. The quantitative estimate of drug-likeness (QED) is 0.188. The molecule has 3 aromatic rings. The van der Waals surface area contributed by atoms with Crippen LogP contribution in [-0.2, 0) is 36.9 Å². The van der Waals surface area contributed by atoms with Crippen molar-refractivity contribution in [2.45, 2.75) is 94.9 Å². The minimum Gasteiger partial charge on any atom is -0.454 e. The second-order valence-corrected chi connectivity index (χ2v) is 13.7. The molecule has 1 aliphatic carbocycles. The van der Waals surface area contributed by atoms with E-state index >= 15 is 0 Å². The van der Waals surface area contributed by atoms with Crippen LogP contribution in [-0.4, -0.2) is 104 Å². The Morgan fingerprint density at radius 3 is 2.48 bits per heavy atom. The average molecular weight is 717 g/mol. The van der Waals surface area contributed by atoms with Crippen molar-refractivity contribution in [3.05, 3.63) is 78.0 Å². The maximum Gasteiger partial charge on any atom is 0.287 e. The van der Waals surface area contributed by atoms with Crippen LogP contribution >= 0.6 is 0 Å². The molecule has 4 heterocycles. The molecule has 2 saturated heterocycles. The highest BCUT2D eigenvalue weighted by molar-refractivity contribution is 5.97. The van der Waals surface area contributed by atoms with Crippen molar-refractivity contribution in [3.63, 3.8) is 0 Å². The minimum absolute atomic E-state index is 0.0154. The lowest BCUT2D eigenvalue weighted by atomic mass is 10.00. The van der Waals surface area contributed by atoms with Crippen molar-refractivity contribution in [2.75, 3.05) is 6.54 Å². The molecule has 2 aromatic heterocycles. The highest BCUT2D eigenvalue weighted by Gasteiger charge is 2.45. The fourth-order valence-corrected chi connectivity index (χ4v) is 7.13. The molecule has 0 unspecified atom stereocenters. The van der Waals surface area contributed by atoms with E-state index in [1.165, 1.54) is 24.8 Å². The lowest BCUT2D eigenvalue weighted by molar-refractivity contribution is -0.143. The van der Waals surface area contributed by atoms with Crippen LogP contribution in [0.4, 0.5) is 0 Å². The molecule has 0 spiro atoms. The van der Waals surface area contributed by atoms with Crippen LogP contribution in [0.3, 0.4) is 0 Å². The number of fused-ring (bicyclic) bond motifs is 2. The molecule has 6 amide bonds. The van der Waals surface area contributed by atoms with Crippen LogP contribution in [0.2, 0.25) is 0 Å². The Labute approximate surface area is 300 Å². The van der Waals surface area contributed by atoms with Gasteiger partial charge in [0.15, 0.2) is 5.76 Å². The summed E-state index contributed by atoms with van der Waals surface area (Å²) >= 11 is 0. The first-order valence-corrected chi connectivity index (χ1v) is 17.6. The Morgan fingerprint density at radius 2 is 1.75 bits per heavy atom. The minimum atomic E-state index is -1.40. The number of nitrogens with zero attached hydrogens (tertiary/aromatic N) is 3. The molecular weight excluding hydrogens is 672 g/mol. The van der Waals surface area contributed by atoms with E-state index in [0.717, 1.165) is 0 Å². The van der Waals surface area contributed by atoms with Gasteiger partial charge in [-0.05, 0) is 56.9 Å². The lowest BCUT2D eigenvalue weighted by Crippen LogP contribution is -2.61. The van der Waals surface area contributed by atoms with E-state index in [2.05, 4.69) is 31.7 Å². The van der Waals surface area contributed by atoms with Crippen molar-refractivity contribution in [1.82, 2.24) is 41.3 Å². The summed E-state index contributed by atoms with van der Waals surface area (Å²) in [6, 6.07) is 7.90. The van der Waals surface area contributed by atoms with E-state index in [-0.39, 0.29) is 25.1 Å². The number of carbonyl (C=O) groups is 6. The molecule has 0 bridgehead atoms. The number of aromatic nitrogens is 2. The third-order valence-electron chi connectivity index (χ3n) is 9.88. The molecule has 16 heteroatoms. The SMILES string of the molecule is C[C@@H]1NC(=O)[C@@H]2C[C@@H](NC(=O)c3ccc(Cn4cccn4)o3)CN2C(=O)[C@H](Cc2ccccc2)NC(=O)[C@H]([C@@H](C)O)NC(=O)[C@@H]2CCC[C@H]2NC1=O. The number of carbonyl (C=O) groups excluding carboxylic acids is 6. The van der Waals surface area contributed by atoms with Gasteiger partial charge in [0, 0.05) is 37.4 Å². The van der Waals surface area contributed by atoms with E-state index in [4.69, 9.17) is 4.42 Å². The van der Waals surface area contributed by atoms with Gasteiger partial charge in [0.1, 0.15) is 29.9 Å². The number of nitrogens with one attached hydrogen (secondary N) is 5. The van der Waals surface area contributed by atoms with Gasteiger partial charge in [-0.3, -0.25) is 33.4 Å². The maximum atomic E-state index is 14.5. The normalized spacial score (nSPS) is 27.9. The topological polar surface area (TPSA) is 217 Å². The largest absolute Gasteiger partial charge is 0.454 e. The number of aliphatic hydroxyl groups is 1. The molecule has 6 N–H and O–H groups in total. The third-order valence-corrected chi connectivity index (χ3v) is 9.88. The van der Waals surface area contributed by atoms with Crippen molar-refractivity contribution >= 4 is 35.4 Å². The average Bonchev–Trinajstić information content (AvgIpc) is 3.95. The van der Waals surface area contributed by atoms with Crippen LogP contribution in [0.15, 0.2) is 65.3 Å². The van der Waals surface area contributed by atoms with Crippen LogP contribution in [0.25, 0.3) is 0 Å². The van der Waals surface area contributed by atoms with Gasteiger partial charge in [0.05, 0.1) is 18.6 Å². The predicted molar refractivity (Wildman–Crippen MR) is 184 cm³/mol. The smallest absolute Gasteiger partial charge is 0.287 e. The van der Waals surface area contributed by atoms with Gasteiger partial charge in [-0.1, -0.05) is 36.8 Å². The number of aliphatic hydroxyl groups excluding tert-OH is 1. The van der Waals surface area contributed by atoms with Gasteiger partial charge in [-0.2, -0.15) is 5.10 Å². The Kier molecular flexibility index (Phi) is 11.0. The first kappa shape index (κ1) is 36.3. The Hall–Kier alpha value is -5.51. The second-order valence-electron chi connectivity index (χ2n) is 13.7. The molecule has 3 fully saturated rings. The Bertz CT molecular complexity index is 1780. The van der Waals surface area contributed by atoms with Gasteiger partial charge < -0.3 is 41.0 Å². The first-order chi connectivity index (χ1) is 25.0. The van der Waals surface area contributed by atoms with Crippen LogP contribution in [0.1, 0.15) is 61.4 Å². The van der Waals surface area contributed by atoms with Crippen molar-refractivity contribution in [1.29, 1.82) is 0 Å². The van der Waals surface area contributed by atoms with Gasteiger partial charge >= 0.3 is 0 Å². The van der Waals surface area contributed by atoms with E-state index < -0.39 is 83.7 Å². The van der Waals surface area contributed by atoms with E-state index in [0.29, 0.717) is 37.1 Å². The molecule has 16 nitrogen and oxygen atoms in total. The molecule has 1 aromatic carbocycles. The molecule has 52 heavy (non-hydrogen) atoms. The number of furan rings is 1. The number of hydrogen-bond donors (Lipinski definition) is 6. The summed E-state index contributed by atoms with van der Waals surface area (Å²) in [5.74, 6) is -3.73. The number of rotatable bonds is 7. The molecule has 0 radical (unpaired) electrons. The number of hydrogen-bond acceptors (Lipinski definition) is 9. The summed E-state index contributed by atoms with van der Waals surface area (Å²) in [7, 11) is 0. The first-order valence-electron chi connectivity index (χ1n) is 17.6. The maximum absolute atomic E-state index is 14.5. The van der Waals surface area contributed by atoms with Crippen LogP contribution in [0.5, 0.6) is 0 Å². The van der Waals surface area contributed by atoms with Crippen LogP contribution < -0.4 is 26.6 Å². The van der Waals surface area contributed by atoms with Crippen LogP contribution in [0, 0.1) is 5.92 Å². The fourth-order valence-electron chi connectivity index (χ4n) is 7.13. The molecular formula is C36H44N8O8. The van der Waals surface area contributed by atoms with E-state index in [1.807, 2.05) is 6.07 Å². The lowest BCUT2D eigenvalue weighted by Gasteiger charge is -2.32. The highest BCUT2D eigenvalue weighted by Crippen LogP contribution is 2.27. The van der Waals surface area contributed by atoms with Gasteiger partial charge in [-0.25, -0.2) is 0 Å². The van der Waals surface area contributed by atoms with Gasteiger partial charge in [0.25, 0.3) is 5.91 Å².